The van der Waals surface area contributed by atoms with Crippen LogP contribution in [0.4, 0.5) is 36.4 Å². The highest BCUT2D eigenvalue weighted by atomic mass is 35.5. The number of hydrogen-bond donors (Lipinski definition) is 3. The summed E-state index contributed by atoms with van der Waals surface area (Å²) in [4.78, 5) is 12.0. The number of benzene rings is 1. The summed E-state index contributed by atoms with van der Waals surface area (Å²) in [6.07, 6.45) is -2.28. The number of nitrogens with one attached hydrogen (secondary N) is 2. The largest absolute Gasteiger partial charge is 0.421 e. The normalized spacial score (nSPS) is 11.3. The van der Waals surface area contributed by atoms with Gasteiger partial charge in [-0.25, -0.2) is 9.97 Å². The molecule has 0 aliphatic rings. The molecule has 0 atom stereocenters. The van der Waals surface area contributed by atoms with E-state index in [0.717, 1.165) is 11.8 Å². The van der Waals surface area contributed by atoms with Gasteiger partial charge in [0.25, 0.3) is 0 Å². The lowest BCUT2D eigenvalue weighted by atomic mass is 10.2. The first-order chi connectivity index (χ1) is 14.3. The minimum atomic E-state index is -4.61. The van der Waals surface area contributed by atoms with Gasteiger partial charge in [0.05, 0.1) is 0 Å². The van der Waals surface area contributed by atoms with Crippen molar-refractivity contribution in [3.05, 3.63) is 65.5 Å². The predicted molar refractivity (Wildman–Crippen MR) is 115 cm³/mol. The number of halogens is 4. The van der Waals surface area contributed by atoms with Crippen LogP contribution >= 0.6 is 24.4 Å². The van der Waals surface area contributed by atoms with Crippen LogP contribution in [0.2, 0.25) is 0 Å². The van der Waals surface area contributed by atoms with Crippen molar-refractivity contribution in [2.45, 2.75) is 18.6 Å². The summed E-state index contributed by atoms with van der Waals surface area (Å²) in [7, 11) is 1.68. The van der Waals surface area contributed by atoms with E-state index in [0.29, 0.717) is 22.9 Å². The summed E-state index contributed by atoms with van der Waals surface area (Å²) in [5, 5.41) is 5.64. The van der Waals surface area contributed by atoms with Gasteiger partial charge in [-0.3, -0.25) is 0 Å². The van der Waals surface area contributed by atoms with E-state index in [4.69, 9.17) is 11.6 Å². The number of alkyl halides is 4. The lowest BCUT2D eigenvalue weighted by Gasteiger charge is -2.17. The zero-order valence-corrected chi connectivity index (χ0v) is 17.4. The van der Waals surface area contributed by atoms with E-state index in [1.807, 2.05) is 0 Å². The van der Waals surface area contributed by atoms with Gasteiger partial charge in [-0.1, -0.05) is 31.0 Å². The van der Waals surface area contributed by atoms with Crippen molar-refractivity contribution in [3.8, 4) is 0 Å². The number of hydrogen-bond acceptors (Lipinski definition) is 7. The monoisotopic (exact) mass is 454 g/mol. The van der Waals surface area contributed by atoms with Gasteiger partial charge in [0, 0.05) is 43.1 Å². The molecule has 6 nitrogen and oxygen atoms in total. The van der Waals surface area contributed by atoms with Crippen LogP contribution in [-0.4, -0.2) is 22.0 Å². The molecular weight excluding hydrogens is 437 g/mol. The molecule has 0 fully saturated rings. The first-order valence-corrected chi connectivity index (χ1v) is 9.68. The van der Waals surface area contributed by atoms with Crippen molar-refractivity contribution in [1.29, 1.82) is 0 Å². The fraction of sp³-hybridized carbons (Fsp3) is 0.211. The van der Waals surface area contributed by atoms with Crippen molar-refractivity contribution in [1.82, 2.24) is 15.0 Å². The molecule has 30 heavy (non-hydrogen) atoms. The van der Waals surface area contributed by atoms with Crippen LogP contribution in [0.15, 0.2) is 48.8 Å². The predicted octanol–water partition coefficient (Wildman–Crippen LogP) is 5.27. The molecule has 0 aliphatic heterocycles. The lowest BCUT2D eigenvalue weighted by Crippen LogP contribution is -2.15. The highest BCUT2D eigenvalue weighted by molar-refractivity contribution is 7.81. The van der Waals surface area contributed by atoms with Gasteiger partial charge < -0.3 is 14.9 Å². The van der Waals surface area contributed by atoms with Crippen LogP contribution in [-0.2, 0) is 18.6 Å². The van der Waals surface area contributed by atoms with Crippen molar-refractivity contribution >= 4 is 47.7 Å². The Balaban J connectivity index is 1.86. The van der Waals surface area contributed by atoms with Crippen LogP contribution in [0.1, 0.15) is 16.7 Å². The molecule has 3 rings (SSSR count). The number of nitrogens with zero attached hydrogens (tertiary/aromatic N) is 4. The highest BCUT2D eigenvalue weighted by Crippen LogP contribution is 2.34. The quantitative estimate of drug-likeness (QED) is 0.334. The molecule has 158 valence electrons. The summed E-state index contributed by atoms with van der Waals surface area (Å²) < 4.78 is 41.8. The van der Waals surface area contributed by atoms with Crippen molar-refractivity contribution < 1.29 is 13.2 Å². The second-order valence-corrected chi connectivity index (χ2v) is 7.14. The minimum Gasteiger partial charge on any atom is -0.365 e. The molecule has 3 aromatic rings. The van der Waals surface area contributed by atoms with Crippen LogP contribution in [0.5, 0.6) is 0 Å². The SMILES string of the molecule is CN(S)c1ncccc1CNc1nc(Nc2ccc(CCl)cc2)ncc1C(F)(F)F. The third-order valence-electron chi connectivity index (χ3n) is 4.08. The van der Waals surface area contributed by atoms with E-state index < -0.39 is 11.7 Å². The van der Waals surface area contributed by atoms with Gasteiger partial charge in [-0.15, -0.1) is 11.6 Å². The molecule has 2 aromatic heterocycles. The van der Waals surface area contributed by atoms with Gasteiger partial charge in [-0.05, 0) is 23.8 Å². The summed E-state index contributed by atoms with van der Waals surface area (Å²) in [6, 6.07) is 10.5. The fourth-order valence-corrected chi connectivity index (χ4v) is 2.99. The standard InChI is InChI=1S/C19H18ClF3N6S/c1-29(30)17-13(3-2-8-24-17)10-25-16-15(19(21,22)23)11-26-18(28-16)27-14-6-4-12(9-20)5-7-14/h2-8,11,30H,9-10H2,1H3,(H2,25,26,27,28). The molecule has 0 bridgehead atoms. The van der Waals surface area contributed by atoms with E-state index >= 15 is 0 Å². The molecule has 2 heterocycles. The topological polar surface area (TPSA) is 66.0 Å². The number of aromatic nitrogens is 3. The molecule has 0 aliphatic carbocycles. The zero-order chi connectivity index (χ0) is 21.7. The Bertz CT molecular complexity index is 998. The second kappa shape index (κ2) is 9.40. The zero-order valence-electron chi connectivity index (χ0n) is 15.8. The average Bonchev–Trinajstić information content (AvgIpc) is 2.72. The maximum Gasteiger partial charge on any atom is 0.421 e. The van der Waals surface area contributed by atoms with Crippen molar-refractivity contribution in [2.75, 3.05) is 22.0 Å². The number of anilines is 4. The Morgan fingerprint density at radius 3 is 2.50 bits per heavy atom. The molecule has 0 spiro atoms. The second-order valence-electron chi connectivity index (χ2n) is 6.27. The number of thiol groups is 1. The smallest absolute Gasteiger partial charge is 0.365 e. The van der Waals surface area contributed by atoms with Crippen molar-refractivity contribution in [3.63, 3.8) is 0 Å². The molecule has 0 amide bonds. The third-order valence-corrected chi connectivity index (χ3v) is 4.58. The molecule has 11 heteroatoms. The lowest BCUT2D eigenvalue weighted by molar-refractivity contribution is -0.137. The number of pyridine rings is 1. The van der Waals surface area contributed by atoms with Gasteiger partial charge in [0.15, 0.2) is 0 Å². The molecule has 1 aromatic carbocycles. The molecular formula is C19H18ClF3N6S. The maximum absolute atomic E-state index is 13.4. The van der Waals surface area contributed by atoms with Gasteiger partial charge in [0.2, 0.25) is 5.95 Å². The first-order valence-electron chi connectivity index (χ1n) is 8.74. The Hall–Kier alpha value is -2.72. The number of rotatable bonds is 7. The molecule has 0 unspecified atom stereocenters. The minimum absolute atomic E-state index is 0.0295. The third kappa shape index (κ3) is 5.45. The molecule has 2 N–H and O–H groups in total. The summed E-state index contributed by atoms with van der Waals surface area (Å²) in [5.74, 6) is 0.577. The van der Waals surface area contributed by atoms with Gasteiger partial charge >= 0.3 is 6.18 Å². The van der Waals surface area contributed by atoms with Crippen LogP contribution in [0, 0.1) is 0 Å². The van der Waals surface area contributed by atoms with E-state index in [-0.39, 0.29) is 18.3 Å². The highest BCUT2D eigenvalue weighted by Gasteiger charge is 2.35. The average molecular weight is 455 g/mol. The van der Waals surface area contributed by atoms with E-state index in [2.05, 4.69) is 38.4 Å². The van der Waals surface area contributed by atoms with Gasteiger partial charge in [0.1, 0.15) is 17.2 Å². The van der Waals surface area contributed by atoms with Crippen molar-refractivity contribution in [2.24, 2.45) is 0 Å². The van der Waals surface area contributed by atoms with Gasteiger partial charge in [-0.2, -0.15) is 18.2 Å². The fourth-order valence-electron chi connectivity index (χ4n) is 2.63. The maximum atomic E-state index is 13.4. The Morgan fingerprint density at radius 1 is 1.13 bits per heavy atom. The van der Waals surface area contributed by atoms with Crippen LogP contribution < -0.4 is 14.9 Å². The van der Waals surface area contributed by atoms with Crippen LogP contribution in [0.25, 0.3) is 0 Å². The molecule has 0 saturated heterocycles. The molecule has 0 saturated carbocycles. The van der Waals surface area contributed by atoms with E-state index in [1.165, 1.54) is 4.31 Å². The Kier molecular flexibility index (Phi) is 6.88. The molecule has 0 radical (unpaired) electrons. The van der Waals surface area contributed by atoms with E-state index in [9.17, 15) is 13.2 Å². The Labute approximate surface area is 182 Å². The Morgan fingerprint density at radius 2 is 1.87 bits per heavy atom. The summed E-state index contributed by atoms with van der Waals surface area (Å²) in [5.41, 5.74) is 1.24. The first kappa shape index (κ1) is 22.0. The van der Waals surface area contributed by atoms with E-state index in [1.54, 1.807) is 49.6 Å². The summed E-state index contributed by atoms with van der Waals surface area (Å²) >= 11 is 9.97. The summed E-state index contributed by atoms with van der Waals surface area (Å²) in [6.45, 7) is 0.0675. The van der Waals surface area contributed by atoms with Crippen LogP contribution in [0.3, 0.4) is 0 Å².